The molecule has 30 heavy (non-hydrogen) atoms. The highest BCUT2D eigenvalue weighted by atomic mass is 32.2. The van der Waals surface area contributed by atoms with Gasteiger partial charge in [-0.1, -0.05) is 39.0 Å². The van der Waals surface area contributed by atoms with E-state index in [0.717, 1.165) is 11.6 Å². The quantitative estimate of drug-likeness (QED) is 0.647. The van der Waals surface area contributed by atoms with Crippen molar-refractivity contribution in [3.8, 4) is 0 Å². The minimum absolute atomic E-state index is 0.0111. The third kappa shape index (κ3) is 4.46. The molecular weight excluding hydrogens is 420 g/mol. The molecule has 0 amide bonds. The molecule has 0 N–H and O–H groups in total. The number of rotatable bonds is 3. The smallest absolute Gasteiger partial charge is 0.368 e. The number of benzene rings is 2. The lowest BCUT2D eigenvalue weighted by Crippen LogP contribution is -2.49. The fourth-order valence-electron chi connectivity index (χ4n) is 3.50. The van der Waals surface area contributed by atoms with Crippen molar-refractivity contribution < 1.29 is 26.0 Å². The van der Waals surface area contributed by atoms with Crippen LogP contribution in [0.1, 0.15) is 31.9 Å². The summed E-state index contributed by atoms with van der Waals surface area (Å²) in [5, 5.41) is 0. The molecule has 0 atom stereocenters. The minimum atomic E-state index is -4.83. The van der Waals surface area contributed by atoms with Gasteiger partial charge in [-0.05, 0) is 35.2 Å². The van der Waals surface area contributed by atoms with Gasteiger partial charge in [-0.3, -0.25) is 0 Å². The first-order valence-corrected chi connectivity index (χ1v) is 11.0. The van der Waals surface area contributed by atoms with Gasteiger partial charge in [0, 0.05) is 26.2 Å². The average molecular weight is 444 g/mol. The monoisotopic (exact) mass is 444 g/mol. The largest absolute Gasteiger partial charge is 0.421 e. The summed E-state index contributed by atoms with van der Waals surface area (Å²) in [6, 6.07) is 9.85. The molecule has 0 aliphatic carbocycles. The molecule has 1 aliphatic heterocycles. The number of halogens is 4. The minimum Gasteiger partial charge on any atom is -0.368 e. The van der Waals surface area contributed by atoms with Crippen molar-refractivity contribution in [1.29, 1.82) is 0 Å². The maximum atomic E-state index is 13.9. The number of hydrogen-bond donors (Lipinski definition) is 0. The van der Waals surface area contributed by atoms with E-state index in [4.69, 9.17) is 0 Å². The standard InChI is InChI=1S/C21H24F4N2O2S/c1-20(2,3)15-7-9-16(10-8-15)30(28,29)27-13-11-26(12-14-27)18-6-4-5-17(22)19(18)21(23,24)25/h4-10H,11-14H2,1-3H3. The van der Waals surface area contributed by atoms with Gasteiger partial charge < -0.3 is 4.90 Å². The Hall–Kier alpha value is -2.13. The Balaban J connectivity index is 1.78. The van der Waals surface area contributed by atoms with E-state index in [-0.39, 0.29) is 42.2 Å². The van der Waals surface area contributed by atoms with Gasteiger partial charge in [0.2, 0.25) is 10.0 Å². The van der Waals surface area contributed by atoms with Gasteiger partial charge in [-0.2, -0.15) is 17.5 Å². The van der Waals surface area contributed by atoms with Crippen LogP contribution < -0.4 is 4.90 Å². The molecule has 1 aliphatic rings. The molecule has 1 fully saturated rings. The van der Waals surface area contributed by atoms with Gasteiger partial charge in [0.05, 0.1) is 10.6 Å². The third-order valence-electron chi connectivity index (χ3n) is 5.21. The second kappa shape index (κ2) is 7.85. The first-order chi connectivity index (χ1) is 13.8. The average Bonchev–Trinajstić information content (AvgIpc) is 2.66. The number of piperazine rings is 1. The summed E-state index contributed by atoms with van der Waals surface area (Å²) in [4.78, 5) is 1.52. The number of alkyl halides is 3. The lowest BCUT2D eigenvalue weighted by atomic mass is 9.87. The fraction of sp³-hybridized carbons (Fsp3) is 0.429. The summed E-state index contributed by atoms with van der Waals surface area (Å²) in [6.07, 6.45) is -4.83. The van der Waals surface area contributed by atoms with Crippen molar-refractivity contribution in [3.63, 3.8) is 0 Å². The van der Waals surface area contributed by atoms with Crippen LogP contribution in [0, 0.1) is 5.82 Å². The zero-order chi connectivity index (χ0) is 22.3. The van der Waals surface area contributed by atoms with Crippen molar-refractivity contribution in [2.75, 3.05) is 31.1 Å². The summed E-state index contributed by atoms with van der Waals surface area (Å²) in [6.45, 7) is 6.16. The second-order valence-electron chi connectivity index (χ2n) is 8.30. The van der Waals surface area contributed by atoms with Crippen LogP contribution in [-0.2, 0) is 21.6 Å². The van der Waals surface area contributed by atoms with Gasteiger partial charge in [0.15, 0.2) is 0 Å². The maximum Gasteiger partial charge on any atom is 0.421 e. The molecule has 2 aromatic rings. The first-order valence-electron chi connectivity index (χ1n) is 9.53. The SMILES string of the molecule is CC(C)(C)c1ccc(S(=O)(=O)N2CCN(c3cccc(F)c3C(F)(F)F)CC2)cc1. The van der Waals surface area contributed by atoms with Crippen LogP contribution in [0.5, 0.6) is 0 Å². The summed E-state index contributed by atoms with van der Waals surface area (Å²) in [5.41, 5.74) is -0.708. The van der Waals surface area contributed by atoms with Crippen molar-refractivity contribution in [2.24, 2.45) is 0 Å². The van der Waals surface area contributed by atoms with Gasteiger partial charge in [-0.15, -0.1) is 0 Å². The molecule has 0 unspecified atom stereocenters. The molecule has 0 aromatic heterocycles. The number of anilines is 1. The van der Waals surface area contributed by atoms with Crippen molar-refractivity contribution in [1.82, 2.24) is 4.31 Å². The molecule has 0 bridgehead atoms. The van der Waals surface area contributed by atoms with Crippen LogP contribution in [-0.4, -0.2) is 38.9 Å². The van der Waals surface area contributed by atoms with Gasteiger partial charge in [-0.25, -0.2) is 12.8 Å². The highest BCUT2D eigenvalue weighted by Crippen LogP contribution is 2.39. The van der Waals surface area contributed by atoms with Crippen LogP contribution in [0.2, 0.25) is 0 Å². The number of nitrogens with zero attached hydrogens (tertiary/aromatic N) is 2. The molecule has 1 heterocycles. The van der Waals surface area contributed by atoms with Crippen LogP contribution in [0.25, 0.3) is 0 Å². The van der Waals surface area contributed by atoms with E-state index in [0.29, 0.717) is 0 Å². The zero-order valence-electron chi connectivity index (χ0n) is 17.0. The van der Waals surface area contributed by atoms with Crippen LogP contribution in [0.3, 0.4) is 0 Å². The Bertz CT molecular complexity index is 1000. The van der Waals surface area contributed by atoms with Gasteiger partial charge >= 0.3 is 6.18 Å². The molecule has 4 nitrogen and oxygen atoms in total. The van der Waals surface area contributed by atoms with E-state index in [9.17, 15) is 26.0 Å². The van der Waals surface area contributed by atoms with E-state index in [1.807, 2.05) is 20.8 Å². The molecular formula is C21H24F4N2O2S. The zero-order valence-corrected chi connectivity index (χ0v) is 17.8. The molecule has 0 saturated carbocycles. The van der Waals surface area contributed by atoms with Crippen molar-refractivity contribution in [3.05, 3.63) is 59.4 Å². The summed E-state index contributed by atoms with van der Waals surface area (Å²) >= 11 is 0. The van der Waals surface area contributed by atoms with E-state index < -0.39 is 27.6 Å². The molecule has 2 aromatic carbocycles. The Labute approximate surface area is 174 Å². The topological polar surface area (TPSA) is 40.6 Å². The summed E-state index contributed by atoms with van der Waals surface area (Å²) < 4.78 is 80.9. The summed E-state index contributed by atoms with van der Waals surface area (Å²) in [7, 11) is -3.77. The second-order valence-corrected chi connectivity index (χ2v) is 10.2. The van der Waals surface area contributed by atoms with Crippen molar-refractivity contribution in [2.45, 2.75) is 37.3 Å². The molecule has 0 spiro atoms. The number of hydrogen-bond acceptors (Lipinski definition) is 3. The predicted octanol–water partition coefficient (Wildman–Crippen LogP) is 4.65. The van der Waals surface area contributed by atoms with E-state index in [2.05, 4.69) is 0 Å². The van der Waals surface area contributed by atoms with Gasteiger partial charge in [0.1, 0.15) is 11.4 Å². The van der Waals surface area contributed by atoms with Gasteiger partial charge in [0.25, 0.3) is 0 Å². The maximum absolute atomic E-state index is 13.9. The molecule has 164 valence electrons. The normalized spacial score (nSPS) is 16.7. The Kier molecular flexibility index (Phi) is 5.90. The Morgan fingerprint density at radius 2 is 1.43 bits per heavy atom. The highest BCUT2D eigenvalue weighted by molar-refractivity contribution is 7.89. The lowest BCUT2D eigenvalue weighted by Gasteiger charge is -2.36. The molecule has 3 rings (SSSR count). The van der Waals surface area contributed by atoms with Crippen LogP contribution in [0.15, 0.2) is 47.4 Å². The molecule has 1 saturated heterocycles. The highest BCUT2D eigenvalue weighted by Gasteiger charge is 2.39. The van der Waals surface area contributed by atoms with Crippen LogP contribution in [0.4, 0.5) is 23.2 Å². The van der Waals surface area contributed by atoms with Crippen molar-refractivity contribution >= 4 is 15.7 Å². The van der Waals surface area contributed by atoms with E-state index in [1.54, 1.807) is 24.3 Å². The first kappa shape index (κ1) is 22.6. The van der Waals surface area contributed by atoms with Crippen LogP contribution >= 0.6 is 0 Å². The van der Waals surface area contributed by atoms with E-state index >= 15 is 0 Å². The fourth-order valence-corrected chi connectivity index (χ4v) is 4.92. The summed E-state index contributed by atoms with van der Waals surface area (Å²) in [5.74, 6) is -1.34. The third-order valence-corrected chi connectivity index (χ3v) is 7.13. The van der Waals surface area contributed by atoms with E-state index in [1.165, 1.54) is 21.3 Å². The predicted molar refractivity (Wildman–Crippen MR) is 108 cm³/mol. The molecule has 0 radical (unpaired) electrons. The lowest BCUT2D eigenvalue weighted by molar-refractivity contribution is -0.139. The number of sulfonamides is 1. The molecule has 9 heteroatoms. The Morgan fingerprint density at radius 3 is 1.93 bits per heavy atom. The Morgan fingerprint density at radius 1 is 0.867 bits per heavy atom.